The number of piperidine rings is 1. The molecule has 2 aromatic rings. The Morgan fingerprint density at radius 1 is 1.04 bits per heavy atom. The maximum atomic E-state index is 14.0. The van der Waals surface area contributed by atoms with E-state index in [0.717, 1.165) is 31.0 Å². The molecule has 0 spiro atoms. The fourth-order valence-corrected chi connectivity index (χ4v) is 8.51. The fraction of sp³-hybridized carbons (Fsp3) is 0.700. The molecule has 0 amide bonds. The molecule has 2 atom stereocenters. The zero-order valence-electron chi connectivity index (χ0n) is 25.9. The first kappa shape index (κ1) is 35.5. The molecule has 3 aliphatic heterocycles. The third-order valence-electron chi connectivity index (χ3n) is 9.17. The standard InChI is InChI=1S/C30H41F6N5O3S2/c1-29(32,33)21-5-9-38(10-6-21)17-23(42)18-41-26-8-12-40(46(2,43)44)19-24(26)28(37-41)20-3-4-25(30(34,35)36)27(15-20)45-14-13-39-11-7-22(31)16-39/h3-4,15,21-23,42H,5-14,16-19H2,1-2H3/t22-,23-/m0/s1. The SMILES string of the molecule is CC(F)(F)C1CCN(C[C@H](O)Cn2nc(-c3ccc(C(F)(F)F)c(SCCN4CC[C@H](F)C4)c3)c3c2CCN(S(C)(=O)=O)C3)CC1. The predicted molar refractivity (Wildman–Crippen MR) is 164 cm³/mol. The summed E-state index contributed by atoms with van der Waals surface area (Å²) < 4.78 is 111. The number of alkyl halides is 6. The van der Waals surface area contributed by atoms with Gasteiger partial charge in [0.25, 0.3) is 0 Å². The van der Waals surface area contributed by atoms with Crippen LogP contribution in [0.4, 0.5) is 26.3 Å². The predicted octanol–water partition coefficient (Wildman–Crippen LogP) is 4.75. The minimum atomic E-state index is -4.60. The van der Waals surface area contributed by atoms with Gasteiger partial charge in [0.15, 0.2) is 0 Å². The van der Waals surface area contributed by atoms with Crippen LogP contribution in [0.5, 0.6) is 0 Å². The Kier molecular flexibility index (Phi) is 10.7. The number of aliphatic hydroxyl groups is 1. The zero-order valence-corrected chi connectivity index (χ0v) is 27.6. The second kappa shape index (κ2) is 13.9. The highest BCUT2D eigenvalue weighted by atomic mass is 32.2. The number of hydrogen-bond donors (Lipinski definition) is 1. The number of fused-ring (bicyclic) bond motifs is 1. The molecule has 46 heavy (non-hydrogen) atoms. The van der Waals surface area contributed by atoms with Gasteiger partial charge in [-0.25, -0.2) is 21.6 Å². The van der Waals surface area contributed by atoms with Crippen molar-refractivity contribution in [2.75, 3.05) is 57.8 Å². The maximum absolute atomic E-state index is 14.0. The first-order valence-corrected chi connectivity index (χ1v) is 18.3. The summed E-state index contributed by atoms with van der Waals surface area (Å²) in [5, 5.41) is 15.7. The van der Waals surface area contributed by atoms with Gasteiger partial charge in [-0.15, -0.1) is 11.8 Å². The number of rotatable bonds is 11. The second-order valence-electron chi connectivity index (χ2n) is 12.7. The van der Waals surface area contributed by atoms with Crippen LogP contribution in [0.15, 0.2) is 23.1 Å². The summed E-state index contributed by atoms with van der Waals surface area (Å²) in [6.07, 6.45) is -3.98. The van der Waals surface area contributed by atoms with Gasteiger partial charge in [0.1, 0.15) is 6.17 Å². The first-order valence-electron chi connectivity index (χ1n) is 15.5. The van der Waals surface area contributed by atoms with Gasteiger partial charge in [-0.3, -0.25) is 9.58 Å². The fourth-order valence-electron chi connectivity index (χ4n) is 6.61. The number of nitrogens with zero attached hydrogens (tertiary/aromatic N) is 5. The largest absolute Gasteiger partial charge is 0.417 e. The summed E-state index contributed by atoms with van der Waals surface area (Å²) in [6.45, 7) is 3.53. The van der Waals surface area contributed by atoms with Crippen LogP contribution >= 0.6 is 11.8 Å². The van der Waals surface area contributed by atoms with Crippen molar-refractivity contribution < 1.29 is 39.9 Å². The molecule has 0 unspecified atom stereocenters. The minimum Gasteiger partial charge on any atom is -0.390 e. The summed E-state index contributed by atoms with van der Waals surface area (Å²) in [5.41, 5.74) is 1.20. The Hall–Kier alpha value is -1.85. The summed E-state index contributed by atoms with van der Waals surface area (Å²) >= 11 is 1.03. The Bertz CT molecular complexity index is 1470. The molecule has 0 bridgehead atoms. The number of halogens is 6. The van der Waals surface area contributed by atoms with Gasteiger partial charge in [0.05, 0.1) is 30.2 Å². The summed E-state index contributed by atoms with van der Waals surface area (Å²) in [7, 11) is -3.57. The number of benzene rings is 1. The van der Waals surface area contributed by atoms with Gasteiger partial charge in [-0.2, -0.15) is 22.6 Å². The molecule has 4 heterocycles. The van der Waals surface area contributed by atoms with E-state index in [1.165, 1.54) is 16.4 Å². The normalized spacial score (nSPS) is 22.0. The Morgan fingerprint density at radius 3 is 2.35 bits per heavy atom. The molecule has 1 aromatic heterocycles. The van der Waals surface area contributed by atoms with Gasteiger partial charge in [0, 0.05) is 79.1 Å². The van der Waals surface area contributed by atoms with Crippen LogP contribution in [-0.4, -0.2) is 113 Å². The molecule has 3 aliphatic rings. The number of thioether (sulfide) groups is 1. The van der Waals surface area contributed by atoms with Crippen LogP contribution in [0.25, 0.3) is 11.3 Å². The number of hydrogen-bond acceptors (Lipinski definition) is 7. The van der Waals surface area contributed by atoms with Crippen LogP contribution in [-0.2, 0) is 35.7 Å². The van der Waals surface area contributed by atoms with E-state index in [9.17, 15) is 39.9 Å². The van der Waals surface area contributed by atoms with E-state index in [0.29, 0.717) is 80.1 Å². The van der Waals surface area contributed by atoms with Crippen LogP contribution in [0.3, 0.4) is 0 Å². The Morgan fingerprint density at radius 2 is 1.74 bits per heavy atom. The molecule has 16 heteroatoms. The average Bonchev–Trinajstić information content (AvgIpc) is 3.54. The first-order chi connectivity index (χ1) is 21.5. The molecule has 2 fully saturated rings. The van der Waals surface area contributed by atoms with E-state index >= 15 is 0 Å². The quantitative estimate of drug-likeness (QED) is 0.268. The smallest absolute Gasteiger partial charge is 0.390 e. The lowest BCUT2D eigenvalue weighted by atomic mass is 9.91. The molecule has 0 aliphatic carbocycles. The lowest BCUT2D eigenvalue weighted by Crippen LogP contribution is -2.43. The minimum absolute atomic E-state index is 0.00108. The van der Waals surface area contributed by atoms with Crippen molar-refractivity contribution in [3.8, 4) is 11.3 Å². The number of aliphatic hydroxyl groups excluding tert-OH is 1. The molecule has 0 radical (unpaired) electrons. The molecule has 2 saturated heterocycles. The number of β-amino-alcohol motifs (C(OH)–C–C–N with tert-alkyl or cyclic N) is 1. The molecule has 0 saturated carbocycles. The summed E-state index contributed by atoms with van der Waals surface area (Å²) in [6, 6.07) is 3.76. The molecule has 258 valence electrons. The third kappa shape index (κ3) is 8.59. The monoisotopic (exact) mass is 697 g/mol. The van der Waals surface area contributed by atoms with E-state index in [2.05, 4.69) is 0 Å². The van der Waals surface area contributed by atoms with Gasteiger partial charge in [0.2, 0.25) is 15.9 Å². The molecule has 1 N–H and O–H groups in total. The average molecular weight is 698 g/mol. The van der Waals surface area contributed by atoms with E-state index < -0.39 is 45.9 Å². The Balaban J connectivity index is 1.39. The van der Waals surface area contributed by atoms with Gasteiger partial charge in [-0.05, 0) is 51.4 Å². The van der Waals surface area contributed by atoms with E-state index in [-0.39, 0.29) is 37.6 Å². The maximum Gasteiger partial charge on any atom is 0.417 e. The van der Waals surface area contributed by atoms with Crippen molar-refractivity contribution in [1.29, 1.82) is 0 Å². The Labute approximate surface area is 270 Å². The second-order valence-corrected chi connectivity index (χ2v) is 15.9. The van der Waals surface area contributed by atoms with Crippen LogP contribution in [0.1, 0.15) is 43.0 Å². The molecule has 5 rings (SSSR count). The molecular weight excluding hydrogens is 656 g/mol. The van der Waals surface area contributed by atoms with Crippen LogP contribution in [0.2, 0.25) is 0 Å². The van der Waals surface area contributed by atoms with E-state index in [1.54, 1.807) is 4.68 Å². The van der Waals surface area contributed by atoms with Crippen molar-refractivity contribution >= 4 is 21.8 Å². The topological polar surface area (TPSA) is 81.9 Å². The molecule has 8 nitrogen and oxygen atoms in total. The lowest BCUT2D eigenvalue weighted by Gasteiger charge is -2.35. The van der Waals surface area contributed by atoms with Crippen molar-refractivity contribution in [3.63, 3.8) is 0 Å². The van der Waals surface area contributed by atoms with Crippen molar-refractivity contribution in [3.05, 3.63) is 35.0 Å². The van der Waals surface area contributed by atoms with Crippen LogP contribution < -0.4 is 0 Å². The third-order valence-corrected chi connectivity index (χ3v) is 11.5. The zero-order chi connectivity index (χ0) is 33.4. The number of sulfonamides is 1. The highest BCUT2D eigenvalue weighted by Gasteiger charge is 2.38. The summed E-state index contributed by atoms with van der Waals surface area (Å²) in [4.78, 5) is 3.82. The summed E-state index contributed by atoms with van der Waals surface area (Å²) in [5.74, 6) is -3.13. The van der Waals surface area contributed by atoms with E-state index in [4.69, 9.17) is 5.10 Å². The van der Waals surface area contributed by atoms with Crippen molar-refractivity contribution in [2.24, 2.45) is 5.92 Å². The van der Waals surface area contributed by atoms with Gasteiger partial charge in [-0.1, -0.05) is 6.07 Å². The van der Waals surface area contributed by atoms with Crippen molar-refractivity contribution in [2.45, 2.75) is 75.0 Å². The van der Waals surface area contributed by atoms with Gasteiger partial charge >= 0.3 is 6.18 Å². The van der Waals surface area contributed by atoms with Gasteiger partial charge < -0.3 is 10.0 Å². The number of likely N-dealkylation sites (tertiary alicyclic amines) is 2. The lowest BCUT2D eigenvalue weighted by molar-refractivity contribution is -0.139. The molecular formula is C30H41F6N5O3S2. The number of aromatic nitrogens is 2. The highest BCUT2D eigenvalue weighted by molar-refractivity contribution is 7.99. The van der Waals surface area contributed by atoms with Crippen molar-refractivity contribution in [1.82, 2.24) is 23.9 Å². The highest BCUT2D eigenvalue weighted by Crippen LogP contribution is 2.40. The van der Waals surface area contributed by atoms with Crippen LogP contribution in [0, 0.1) is 5.92 Å². The van der Waals surface area contributed by atoms with E-state index in [1.807, 2.05) is 9.80 Å². The molecule has 1 aromatic carbocycles.